The molecule has 7 heterocycles. The minimum Gasteiger partial charge on any atom is -0.477 e. The zero-order valence-corrected chi connectivity index (χ0v) is 38.3. The number of imidazole rings is 1. The maximum atomic E-state index is 13.8. The van der Waals surface area contributed by atoms with Gasteiger partial charge >= 0.3 is 0 Å². The van der Waals surface area contributed by atoms with Gasteiger partial charge in [0.05, 0.1) is 59.4 Å². The normalized spacial score (nSPS) is 19.2. The Morgan fingerprint density at radius 2 is 1.78 bits per heavy atom. The van der Waals surface area contributed by atoms with Gasteiger partial charge in [0.1, 0.15) is 12.6 Å². The Morgan fingerprint density at radius 3 is 2.60 bits per heavy atom. The monoisotopic (exact) mass is 923 g/mol. The van der Waals surface area contributed by atoms with Gasteiger partial charge in [-0.05, 0) is 74.1 Å². The highest BCUT2D eigenvalue weighted by molar-refractivity contribution is 6.24. The number of aryl methyl sites for hydroxylation is 2. The van der Waals surface area contributed by atoms with Crippen molar-refractivity contribution in [1.29, 1.82) is 0 Å². The summed E-state index contributed by atoms with van der Waals surface area (Å²) in [6.45, 7) is 9.85. The number of nitrogens with one attached hydrogen (secondary N) is 3. The van der Waals surface area contributed by atoms with Gasteiger partial charge in [-0.2, -0.15) is 5.10 Å². The number of imide groups is 2. The minimum absolute atomic E-state index is 0.0314. The van der Waals surface area contributed by atoms with Crippen LogP contribution in [0.4, 0.5) is 5.95 Å². The fourth-order valence-corrected chi connectivity index (χ4v) is 9.19. The van der Waals surface area contributed by atoms with Crippen molar-refractivity contribution >= 4 is 52.4 Å². The van der Waals surface area contributed by atoms with E-state index in [1.54, 1.807) is 35.1 Å². The number of ether oxygens (including phenoxy) is 2. The minimum atomic E-state index is -1.06. The van der Waals surface area contributed by atoms with Crippen molar-refractivity contribution in [3.8, 4) is 29.0 Å². The number of carbonyl (C=O) groups is 6. The molecule has 4 aliphatic rings. The van der Waals surface area contributed by atoms with E-state index in [0.717, 1.165) is 72.6 Å². The number of aromatic nitrogens is 5. The highest BCUT2D eigenvalue weighted by Gasteiger charge is 2.45. The van der Waals surface area contributed by atoms with Crippen LogP contribution in [0.25, 0.3) is 22.3 Å². The third-order valence-electron chi connectivity index (χ3n) is 12.7. The summed E-state index contributed by atoms with van der Waals surface area (Å²) in [6, 6.07) is 13.5. The van der Waals surface area contributed by atoms with Gasteiger partial charge in [0.25, 0.3) is 17.7 Å². The lowest BCUT2D eigenvalue weighted by Crippen LogP contribution is -2.54. The summed E-state index contributed by atoms with van der Waals surface area (Å²) in [5.74, 6) is 4.45. The molecule has 19 nitrogen and oxygen atoms in total. The van der Waals surface area contributed by atoms with Gasteiger partial charge in [0, 0.05) is 76.1 Å². The van der Waals surface area contributed by atoms with Crippen LogP contribution in [-0.4, -0.2) is 140 Å². The fraction of sp³-hybridized carbons (Fsp3) is 0.408. The molecule has 2 bridgehead atoms. The lowest BCUT2D eigenvalue weighted by atomic mass is 10.0. The summed E-state index contributed by atoms with van der Waals surface area (Å²) in [6.07, 6.45) is 3.57. The SMILES string of the molecule is Cc1cc2cc(n1)-c1cnn(C)c1OCCC[C@@H](C)Cn1c(nc3ccc(CN4CCN(CC(=O)NCCOCC#Cc5cccc6c5C(=O)N(C5CCC(=O)NC5=O)C6=O)CC4)cc31)NC2=O. The highest BCUT2D eigenvalue weighted by Crippen LogP contribution is 2.32. The van der Waals surface area contributed by atoms with Gasteiger partial charge in [-0.15, -0.1) is 0 Å². The molecule has 0 spiro atoms. The molecule has 352 valence electrons. The van der Waals surface area contributed by atoms with Crippen molar-refractivity contribution in [2.45, 2.75) is 58.7 Å². The molecular formula is C49H53N11O8. The second kappa shape index (κ2) is 19.9. The number of piperazine rings is 1. The predicted molar refractivity (Wildman–Crippen MR) is 248 cm³/mol. The third kappa shape index (κ3) is 9.88. The lowest BCUT2D eigenvalue weighted by molar-refractivity contribution is -0.136. The van der Waals surface area contributed by atoms with Crippen LogP contribution < -0.4 is 20.7 Å². The summed E-state index contributed by atoms with van der Waals surface area (Å²) in [5, 5.41) is 12.6. The fourth-order valence-electron chi connectivity index (χ4n) is 9.19. The molecule has 19 heteroatoms. The molecule has 68 heavy (non-hydrogen) atoms. The van der Waals surface area contributed by atoms with E-state index in [4.69, 9.17) is 19.4 Å². The van der Waals surface area contributed by atoms with Crippen LogP contribution in [0, 0.1) is 24.7 Å². The summed E-state index contributed by atoms with van der Waals surface area (Å²) < 4.78 is 15.7. The second-order valence-electron chi connectivity index (χ2n) is 17.7. The molecule has 0 radical (unpaired) electrons. The summed E-state index contributed by atoms with van der Waals surface area (Å²) >= 11 is 0. The molecule has 0 aliphatic carbocycles. The smallest absolute Gasteiger partial charge is 0.263 e. The van der Waals surface area contributed by atoms with Gasteiger partial charge in [-0.25, -0.2) is 9.67 Å². The predicted octanol–water partition coefficient (Wildman–Crippen LogP) is 2.90. The Bertz CT molecular complexity index is 2890. The molecular weight excluding hydrogens is 871 g/mol. The number of piperidine rings is 1. The van der Waals surface area contributed by atoms with Gasteiger partial charge in [0.2, 0.25) is 29.5 Å². The number of anilines is 1. The van der Waals surface area contributed by atoms with E-state index in [0.29, 0.717) is 54.0 Å². The maximum Gasteiger partial charge on any atom is 0.263 e. The molecule has 2 atom stereocenters. The first kappa shape index (κ1) is 45.9. The Kier molecular flexibility index (Phi) is 13.4. The summed E-state index contributed by atoms with van der Waals surface area (Å²) in [5.41, 5.74) is 6.03. The Labute approximate surface area is 392 Å². The van der Waals surface area contributed by atoms with E-state index in [9.17, 15) is 28.8 Å². The van der Waals surface area contributed by atoms with E-state index < -0.39 is 29.7 Å². The van der Waals surface area contributed by atoms with Crippen LogP contribution in [0.1, 0.15) is 80.5 Å². The number of pyridine rings is 1. The molecule has 1 unspecified atom stereocenters. The first-order valence-electron chi connectivity index (χ1n) is 23.0. The van der Waals surface area contributed by atoms with Gasteiger partial charge in [-0.3, -0.25) is 59.1 Å². The van der Waals surface area contributed by atoms with Crippen LogP contribution in [0.2, 0.25) is 0 Å². The molecule has 0 saturated carbocycles. The van der Waals surface area contributed by atoms with Crippen LogP contribution >= 0.6 is 0 Å². The maximum absolute atomic E-state index is 13.8. The van der Waals surface area contributed by atoms with Crippen LogP contribution in [0.3, 0.4) is 0 Å². The Hall–Kier alpha value is -7.27. The zero-order valence-electron chi connectivity index (χ0n) is 38.3. The number of rotatable bonds is 9. The first-order valence-corrected chi connectivity index (χ1v) is 23.0. The van der Waals surface area contributed by atoms with Gasteiger partial charge < -0.3 is 19.4 Å². The zero-order chi connectivity index (χ0) is 47.5. The molecule has 2 fully saturated rings. The molecule has 3 N–H and O–H groups in total. The van der Waals surface area contributed by atoms with Crippen LogP contribution in [0.5, 0.6) is 5.88 Å². The summed E-state index contributed by atoms with van der Waals surface area (Å²) in [4.78, 5) is 92.1. The van der Waals surface area contributed by atoms with Crippen molar-refractivity contribution in [1.82, 2.24) is 49.6 Å². The van der Waals surface area contributed by atoms with Crippen molar-refractivity contribution in [3.05, 3.63) is 88.2 Å². The molecule has 2 aromatic carbocycles. The van der Waals surface area contributed by atoms with E-state index in [1.165, 1.54) is 6.07 Å². The molecule has 5 aromatic rings. The topological polar surface area (TPSA) is 215 Å². The van der Waals surface area contributed by atoms with Crippen molar-refractivity contribution in [2.75, 3.05) is 64.4 Å². The van der Waals surface area contributed by atoms with Crippen molar-refractivity contribution < 1.29 is 38.2 Å². The van der Waals surface area contributed by atoms with Crippen molar-refractivity contribution in [3.63, 3.8) is 0 Å². The number of carbonyl (C=O) groups excluding carboxylic acids is 6. The molecule has 3 aromatic heterocycles. The largest absolute Gasteiger partial charge is 0.477 e. The second-order valence-corrected chi connectivity index (χ2v) is 17.7. The average molecular weight is 924 g/mol. The molecule has 9 rings (SSSR count). The standard InChI is InChI=1S/C49H53N11O8/c1-30-7-5-21-68-48-36(26-51-56(48)3)38-25-34(23-31(2)52-38)44(63)55-49-53-37-12-11-32(24-40(37)59(49)27-30)28-57-16-18-58(19-17-57)29-42(62)50-15-22-67-20-6-9-33-8-4-10-35-43(33)47(66)60(46(35)65)39-13-14-41(61)54-45(39)64/h4,8,10-12,23-26,30,39H,5,7,13-22,27-29H2,1-3H3,(H,50,62)(H,53,55,63)(H,54,61,64)/t30-,39?/m1/s1. The highest BCUT2D eigenvalue weighted by atomic mass is 16.5. The number of hydrogen-bond acceptors (Lipinski definition) is 13. The third-order valence-corrected chi connectivity index (χ3v) is 12.7. The van der Waals surface area contributed by atoms with E-state index in [1.807, 2.05) is 20.0 Å². The Morgan fingerprint density at radius 1 is 0.956 bits per heavy atom. The first-order chi connectivity index (χ1) is 32.9. The Balaban J connectivity index is 0.747. The van der Waals surface area contributed by atoms with Crippen LogP contribution in [0.15, 0.2) is 54.7 Å². The van der Waals surface area contributed by atoms with Gasteiger partial charge in [0.15, 0.2) is 0 Å². The van der Waals surface area contributed by atoms with E-state index >= 15 is 0 Å². The van der Waals surface area contributed by atoms with Crippen molar-refractivity contribution in [2.24, 2.45) is 13.0 Å². The van der Waals surface area contributed by atoms with Crippen LogP contribution in [-0.2, 0) is 39.3 Å². The van der Waals surface area contributed by atoms with Gasteiger partial charge in [-0.1, -0.05) is 30.9 Å². The number of fused-ring (bicyclic) bond motifs is 8. The number of amides is 6. The number of hydrogen-bond donors (Lipinski definition) is 3. The number of benzene rings is 2. The number of nitrogens with zero attached hydrogens (tertiary/aromatic N) is 8. The van der Waals surface area contributed by atoms with E-state index in [-0.39, 0.29) is 61.5 Å². The average Bonchev–Trinajstić information content (AvgIpc) is 3.94. The summed E-state index contributed by atoms with van der Waals surface area (Å²) in [7, 11) is 1.84. The van der Waals surface area contributed by atoms with E-state index in [2.05, 4.69) is 66.3 Å². The quantitative estimate of drug-likeness (QED) is 0.110. The molecule has 2 saturated heterocycles. The molecule has 4 aliphatic heterocycles. The molecule has 6 amide bonds. The lowest BCUT2D eigenvalue weighted by Gasteiger charge is -2.34.